The molecule has 3 N–H and O–H groups in total. The molecule has 0 radical (unpaired) electrons. The van der Waals surface area contributed by atoms with E-state index in [9.17, 15) is 9.59 Å². The third-order valence-corrected chi connectivity index (χ3v) is 6.14. The number of rotatable bonds is 20. The first kappa shape index (κ1) is 28.6. The molecule has 0 aliphatic rings. The molecule has 35 heavy (non-hydrogen) atoms. The van der Waals surface area contributed by atoms with Gasteiger partial charge in [0.15, 0.2) is 0 Å². The Bertz CT molecular complexity index is 838. The van der Waals surface area contributed by atoms with E-state index in [2.05, 4.69) is 17.2 Å². The molecule has 7 nitrogen and oxygen atoms in total. The Balaban J connectivity index is 1.58. The molecular weight excluding hydrogens is 440 g/mol. The van der Waals surface area contributed by atoms with Gasteiger partial charge in [-0.1, -0.05) is 101 Å². The number of hydrogen-bond acceptors (Lipinski definition) is 4. The number of nitrogens with two attached hydrogens (primary N) is 1. The third kappa shape index (κ3) is 13.1. The van der Waals surface area contributed by atoms with E-state index in [1.54, 1.807) is 6.33 Å². The average Bonchev–Trinajstić information content (AvgIpc) is 3.30. The summed E-state index contributed by atoms with van der Waals surface area (Å²) in [4.78, 5) is 28.5. The molecule has 7 heteroatoms. The number of nitrogens with one attached hydrogen (secondary N) is 1. The van der Waals surface area contributed by atoms with Crippen LogP contribution in [-0.2, 0) is 34.1 Å². The lowest BCUT2D eigenvalue weighted by molar-refractivity contribution is -0.127. The van der Waals surface area contributed by atoms with Crippen LogP contribution in [0.15, 0.2) is 42.9 Å². The van der Waals surface area contributed by atoms with Gasteiger partial charge < -0.3 is 20.4 Å². The summed E-state index contributed by atoms with van der Waals surface area (Å²) in [6, 6.07) is 9.18. The van der Waals surface area contributed by atoms with E-state index in [0.29, 0.717) is 25.5 Å². The average molecular weight is 485 g/mol. The highest BCUT2D eigenvalue weighted by Crippen LogP contribution is 2.12. The molecule has 0 saturated heterocycles. The molecular formula is C28H44N4O3. The Morgan fingerprint density at radius 2 is 1.60 bits per heavy atom. The molecule has 1 aromatic carbocycles. The van der Waals surface area contributed by atoms with Crippen LogP contribution >= 0.6 is 0 Å². The van der Waals surface area contributed by atoms with Crippen molar-refractivity contribution in [3.8, 4) is 0 Å². The van der Waals surface area contributed by atoms with Crippen LogP contribution in [0, 0.1) is 0 Å². The van der Waals surface area contributed by atoms with Gasteiger partial charge in [0.1, 0.15) is 12.8 Å². The first-order chi connectivity index (χ1) is 17.1. The lowest BCUT2D eigenvalue weighted by Gasteiger charge is -2.14. The minimum atomic E-state index is -0.760. The van der Waals surface area contributed by atoms with Crippen molar-refractivity contribution in [1.82, 2.24) is 14.9 Å². The molecule has 1 heterocycles. The lowest BCUT2D eigenvalue weighted by atomic mass is 10.0. The summed E-state index contributed by atoms with van der Waals surface area (Å²) >= 11 is 0. The zero-order valence-corrected chi connectivity index (χ0v) is 21.4. The van der Waals surface area contributed by atoms with Crippen molar-refractivity contribution < 1.29 is 14.3 Å². The van der Waals surface area contributed by atoms with Crippen LogP contribution in [0.2, 0.25) is 0 Å². The fourth-order valence-electron chi connectivity index (χ4n) is 4.07. The van der Waals surface area contributed by atoms with E-state index in [4.69, 9.17) is 10.5 Å². The highest BCUT2D eigenvalue weighted by molar-refractivity contribution is 5.86. The smallest absolute Gasteiger partial charge is 0.240 e. The molecule has 0 saturated carbocycles. The van der Waals surface area contributed by atoms with Gasteiger partial charge >= 0.3 is 0 Å². The number of aromatic nitrogens is 2. The molecule has 194 valence electrons. The van der Waals surface area contributed by atoms with E-state index >= 15 is 0 Å². The maximum absolute atomic E-state index is 12.3. The SMILES string of the molecule is CCCCCCCCCCCCCC(=O)N[C@@H](Cc1cn(COCc2ccccc2)cn1)C(N)=O. The summed E-state index contributed by atoms with van der Waals surface area (Å²) in [5.74, 6) is -0.678. The number of nitrogens with zero attached hydrogens (tertiary/aromatic N) is 2. The molecule has 0 unspecified atom stereocenters. The van der Waals surface area contributed by atoms with Crippen molar-refractivity contribution >= 4 is 11.8 Å². The summed E-state index contributed by atoms with van der Waals surface area (Å²) in [5.41, 5.74) is 7.32. The molecule has 0 aliphatic carbocycles. The van der Waals surface area contributed by atoms with E-state index in [1.807, 2.05) is 41.1 Å². The summed E-state index contributed by atoms with van der Waals surface area (Å²) in [6.45, 7) is 3.11. The maximum Gasteiger partial charge on any atom is 0.240 e. The number of carbonyl (C=O) groups excluding carboxylic acids is 2. The fraction of sp³-hybridized carbons (Fsp3) is 0.607. The third-order valence-electron chi connectivity index (χ3n) is 6.14. The first-order valence-corrected chi connectivity index (χ1v) is 13.3. The van der Waals surface area contributed by atoms with E-state index < -0.39 is 11.9 Å². The van der Waals surface area contributed by atoms with Crippen LogP contribution in [0.5, 0.6) is 0 Å². The Labute approximate surface area is 210 Å². The molecule has 1 atom stereocenters. The topological polar surface area (TPSA) is 99.2 Å². The van der Waals surface area contributed by atoms with Crippen molar-refractivity contribution in [1.29, 1.82) is 0 Å². The molecule has 0 fully saturated rings. The van der Waals surface area contributed by atoms with Gasteiger partial charge in [-0.3, -0.25) is 9.59 Å². The molecule has 2 rings (SSSR count). The normalized spacial score (nSPS) is 11.9. The van der Waals surface area contributed by atoms with Crippen LogP contribution in [0.3, 0.4) is 0 Å². The minimum Gasteiger partial charge on any atom is -0.368 e. The fourth-order valence-corrected chi connectivity index (χ4v) is 4.07. The van der Waals surface area contributed by atoms with Gasteiger partial charge in [-0.05, 0) is 12.0 Å². The van der Waals surface area contributed by atoms with Gasteiger partial charge in [0.05, 0.1) is 18.6 Å². The Morgan fingerprint density at radius 3 is 2.23 bits per heavy atom. The Morgan fingerprint density at radius 1 is 0.971 bits per heavy atom. The summed E-state index contributed by atoms with van der Waals surface area (Å²) in [6.07, 6.45) is 17.7. The Hall–Kier alpha value is -2.67. The van der Waals surface area contributed by atoms with Gasteiger partial charge in [-0.25, -0.2) is 4.98 Å². The summed E-state index contributed by atoms with van der Waals surface area (Å²) in [7, 11) is 0. The van der Waals surface area contributed by atoms with Crippen molar-refractivity contribution in [2.24, 2.45) is 5.73 Å². The predicted molar refractivity (Wildman–Crippen MR) is 139 cm³/mol. The largest absolute Gasteiger partial charge is 0.368 e. The monoisotopic (exact) mass is 484 g/mol. The predicted octanol–water partition coefficient (Wildman–Crippen LogP) is 5.27. The van der Waals surface area contributed by atoms with E-state index in [1.165, 1.54) is 51.4 Å². The highest BCUT2D eigenvalue weighted by atomic mass is 16.5. The van der Waals surface area contributed by atoms with Crippen molar-refractivity contribution in [3.63, 3.8) is 0 Å². The van der Waals surface area contributed by atoms with Crippen LogP contribution in [0.1, 0.15) is 95.2 Å². The van der Waals surface area contributed by atoms with Crippen molar-refractivity contribution in [2.75, 3.05) is 0 Å². The maximum atomic E-state index is 12.3. The van der Waals surface area contributed by atoms with E-state index in [-0.39, 0.29) is 12.3 Å². The van der Waals surface area contributed by atoms with Crippen LogP contribution in [-0.4, -0.2) is 27.4 Å². The molecule has 0 bridgehead atoms. The van der Waals surface area contributed by atoms with Crippen molar-refractivity contribution in [2.45, 2.75) is 110 Å². The molecule has 1 aromatic heterocycles. The molecule has 2 aromatic rings. The quantitative estimate of drug-likeness (QED) is 0.250. The number of imidazole rings is 1. The van der Waals surface area contributed by atoms with Crippen LogP contribution in [0.4, 0.5) is 0 Å². The number of benzene rings is 1. The second kappa shape index (κ2) is 17.7. The van der Waals surface area contributed by atoms with Gasteiger partial charge in [-0.15, -0.1) is 0 Å². The Kier molecular flexibility index (Phi) is 14.5. The number of carbonyl (C=O) groups is 2. The zero-order chi connectivity index (χ0) is 25.1. The molecule has 0 aliphatic heterocycles. The molecule has 2 amide bonds. The van der Waals surface area contributed by atoms with E-state index in [0.717, 1.165) is 24.8 Å². The minimum absolute atomic E-state index is 0.129. The summed E-state index contributed by atoms with van der Waals surface area (Å²) < 4.78 is 7.51. The number of primary amides is 1. The van der Waals surface area contributed by atoms with Crippen LogP contribution in [0.25, 0.3) is 0 Å². The number of unbranched alkanes of at least 4 members (excludes halogenated alkanes) is 10. The second-order valence-corrected chi connectivity index (χ2v) is 9.35. The lowest BCUT2D eigenvalue weighted by Crippen LogP contribution is -2.45. The molecule has 0 spiro atoms. The van der Waals surface area contributed by atoms with Crippen molar-refractivity contribution in [3.05, 3.63) is 54.1 Å². The van der Waals surface area contributed by atoms with Gasteiger partial charge in [-0.2, -0.15) is 0 Å². The van der Waals surface area contributed by atoms with Crippen LogP contribution < -0.4 is 11.1 Å². The highest BCUT2D eigenvalue weighted by Gasteiger charge is 2.19. The zero-order valence-electron chi connectivity index (χ0n) is 21.4. The summed E-state index contributed by atoms with van der Waals surface area (Å²) in [5, 5.41) is 2.78. The second-order valence-electron chi connectivity index (χ2n) is 9.35. The number of hydrogen-bond donors (Lipinski definition) is 2. The van der Waals surface area contributed by atoms with Gasteiger partial charge in [0.25, 0.3) is 0 Å². The van der Waals surface area contributed by atoms with Gasteiger partial charge in [0, 0.05) is 19.0 Å². The number of amides is 2. The first-order valence-electron chi connectivity index (χ1n) is 13.3. The number of ether oxygens (including phenoxy) is 1. The van der Waals surface area contributed by atoms with Gasteiger partial charge in [0.2, 0.25) is 11.8 Å². The standard InChI is InChI=1S/C28H44N4O3/c1-2-3-4-5-6-7-8-9-10-11-15-18-27(33)31-26(28(29)34)19-25-20-32(22-30-25)23-35-21-24-16-13-12-14-17-24/h12-14,16-17,20,22,26H,2-11,15,18-19,21,23H2,1H3,(H2,29,34)(H,31,33)/t26-/m0/s1.